The first-order valence-corrected chi connectivity index (χ1v) is 11.9. The Kier molecular flexibility index (Phi) is 7.80. The van der Waals surface area contributed by atoms with E-state index in [-0.39, 0.29) is 17.9 Å². The first kappa shape index (κ1) is 25.1. The average molecular weight is 489 g/mol. The van der Waals surface area contributed by atoms with Crippen LogP contribution in [0.25, 0.3) is 11.3 Å². The fourth-order valence-electron chi connectivity index (χ4n) is 4.23. The maximum atomic E-state index is 12.0. The zero-order chi connectivity index (χ0) is 25.7. The Morgan fingerprint density at radius 1 is 1.25 bits per heavy atom. The third kappa shape index (κ3) is 5.31. The minimum atomic E-state index is -0.151. The van der Waals surface area contributed by atoms with Gasteiger partial charge < -0.3 is 30.8 Å². The number of nitrogens with zero attached hydrogens (tertiary/aromatic N) is 2. The summed E-state index contributed by atoms with van der Waals surface area (Å²) in [5, 5.41) is 17.4. The molecule has 4 N–H and O–H groups in total. The van der Waals surface area contributed by atoms with E-state index in [1.807, 2.05) is 31.2 Å². The van der Waals surface area contributed by atoms with Crippen LogP contribution in [0.15, 0.2) is 42.7 Å². The number of anilines is 2. The molecule has 9 heteroatoms. The second-order valence-corrected chi connectivity index (χ2v) is 8.83. The molecule has 1 aliphatic rings. The predicted molar refractivity (Wildman–Crippen MR) is 142 cm³/mol. The minimum absolute atomic E-state index is 0.101. The van der Waals surface area contributed by atoms with Crippen LogP contribution in [0, 0.1) is 12.3 Å². The normalized spacial score (nSPS) is 13.9. The van der Waals surface area contributed by atoms with E-state index in [0.717, 1.165) is 33.6 Å². The summed E-state index contributed by atoms with van der Waals surface area (Å²) in [5.41, 5.74) is 6.04. The fourth-order valence-corrected chi connectivity index (χ4v) is 4.23. The van der Waals surface area contributed by atoms with Crippen molar-refractivity contribution >= 4 is 23.6 Å². The van der Waals surface area contributed by atoms with E-state index in [0.29, 0.717) is 36.9 Å². The van der Waals surface area contributed by atoms with Crippen LogP contribution in [0.5, 0.6) is 5.75 Å². The van der Waals surface area contributed by atoms with Crippen LogP contribution in [0.4, 0.5) is 11.5 Å². The zero-order valence-corrected chi connectivity index (χ0v) is 21.0. The van der Waals surface area contributed by atoms with Crippen molar-refractivity contribution in [3.05, 3.63) is 65.0 Å². The molecule has 0 spiro atoms. The molecule has 1 unspecified atom stereocenters. The summed E-state index contributed by atoms with van der Waals surface area (Å²) < 4.78 is 10.8. The van der Waals surface area contributed by atoms with E-state index in [1.54, 1.807) is 32.6 Å². The number of hydrogen-bond donors (Lipinski definition) is 4. The molecule has 0 aliphatic carbocycles. The molecule has 188 valence electrons. The monoisotopic (exact) mass is 488 g/mol. The van der Waals surface area contributed by atoms with Crippen LogP contribution in [0.2, 0.25) is 0 Å². The van der Waals surface area contributed by atoms with Crippen molar-refractivity contribution < 1.29 is 14.3 Å². The van der Waals surface area contributed by atoms with Crippen LogP contribution in [0.3, 0.4) is 0 Å². The molecular formula is C27H32N6O3. The lowest BCUT2D eigenvalue weighted by Crippen LogP contribution is -2.40. The van der Waals surface area contributed by atoms with Crippen LogP contribution < -0.4 is 20.7 Å². The summed E-state index contributed by atoms with van der Waals surface area (Å²) in [7, 11) is 3.21. The molecule has 9 nitrogen and oxygen atoms in total. The highest BCUT2D eigenvalue weighted by Crippen LogP contribution is 2.31. The number of amides is 1. The highest BCUT2D eigenvalue weighted by Gasteiger charge is 2.20. The van der Waals surface area contributed by atoms with Gasteiger partial charge in [-0.1, -0.05) is 19.1 Å². The lowest BCUT2D eigenvalue weighted by molar-refractivity contribution is 0.0211. The SMILES string of the molecule is CNC(=O)c1ccc(C(C)CNc2cc(-c3ccc(NC4COC4)c(C=N)c3C)ncn2)c(OC)c1. The minimum Gasteiger partial charge on any atom is -0.496 e. The first-order valence-electron chi connectivity index (χ1n) is 11.9. The standard InChI is InChI=1S/C27H32N6O3/c1-16(20-6-5-18(27(34)29-3)9-25(20)35-4)12-30-26-10-24(31-15-32-26)21-7-8-23(22(11-28)17(21)2)33-19-13-36-14-19/h5-11,15-16,19,28,33H,12-14H2,1-4H3,(H,29,34)(H,30,31,32). The zero-order valence-electron chi connectivity index (χ0n) is 21.0. The molecule has 0 radical (unpaired) electrons. The predicted octanol–water partition coefficient (Wildman–Crippen LogP) is 3.84. The number of carbonyl (C=O) groups is 1. The topological polar surface area (TPSA) is 121 Å². The van der Waals surface area contributed by atoms with Gasteiger partial charge in [0.15, 0.2) is 0 Å². The Balaban J connectivity index is 1.50. The van der Waals surface area contributed by atoms with Crippen LogP contribution in [0.1, 0.15) is 39.9 Å². The number of ether oxygens (including phenoxy) is 2. The highest BCUT2D eigenvalue weighted by atomic mass is 16.5. The Morgan fingerprint density at radius 3 is 2.72 bits per heavy atom. The molecule has 1 fully saturated rings. The van der Waals surface area contributed by atoms with Crippen LogP contribution >= 0.6 is 0 Å². The number of aromatic nitrogens is 2. The molecule has 36 heavy (non-hydrogen) atoms. The number of methoxy groups -OCH3 is 1. The Labute approximate surface area is 211 Å². The molecule has 0 bridgehead atoms. The molecule has 1 atom stereocenters. The van der Waals surface area contributed by atoms with E-state index in [2.05, 4.69) is 32.8 Å². The van der Waals surface area contributed by atoms with Gasteiger partial charge in [-0.25, -0.2) is 9.97 Å². The fraction of sp³-hybridized carbons (Fsp3) is 0.333. The van der Waals surface area contributed by atoms with Crippen molar-refractivity contribution in [2.24, 2.45) is 0 Å². The van der Waals surface area contributed by atoms with E-state index >= 15 is 0 Å². The lowest BCUT2D eigenvalue weighted by Gasteiger charge is -2.29. The molecule has 1 amide bonds. The largest absolute Gasteiger partial charge is 0.496 e. The summed E-state index contributed by atoms with van der Waals surface area (Å²) in [6, 6.07) is 11.7. The first-order chi connectivity index (χ1) is 17.4. The molecule has 1 aromatic heterocycles. The molecule has 4 rings (SSSR count). The van der Waals surface area contributed by atoms with Crippen molar-refractivity contribution in [2.75, 3.05) is 44.5 Å². The number of hydrogen-bond acceptors (Lipinski definition) is 8. The van der Waals surface area contributed by atoms with Gasteiger partial charge in [0.25, 0.3) is 5.91 Å². The van der Waals surface area contributed by atoms with Crippen molar-refractivity contribution in [1.82, 2.24) is 15.3 Å². The second-order valence-electron chi connectivity index (χ2n) is 8.83. The number of rotatable bonds is 10. The van der Waals surface area contributed by atoms with Gasteiger partial charge in [-0.15, -0.1) is 0 Å². The Hall–Kier alpha value is -3.98. The van der Waals surface area contributed by atoms with Gasteiger partial charge in [-0.3, -0.25) is 4.79 Å². The van der Waals surface area contributed by atoms with E-state index in [4.69, 9.17) is 14.9 Å². The molecule has 2 heterocycles. The molecule has 2 aromatic carbocycles. The number of benzene rings is 2. The van der Waals surface area contributed by atoms with Gasteiger partial charge in [-0.05, 0) is 36.2 Å². The second kappa shape index (κ2) is 11.2. The molecular weight excluding hydrogens is 456 g/mol. The van der Waals surface area contributed by atoms with Gasteiger partial charge in [0.1, 0.15) is 17.9 Å². The van der Waals surface area contributed by atoms with Gasteiger partial charge in [-0.2, -0.15) is 0 Å². The summed E-state index contributed by atoms with van der Waals surface area (Å²) >= 11 is 0. The van der Waals surface area contributed by atoms with Crippen molar-refractivity contribution in [2.45, 2.75) is 25.8 Å². The smallest absolute Gasteiger partial charge is 0.251 e. The number of carbonyl (C=O) groups excluding carboxylic acids is 1. The van der Waals surface area contributed by atoms with Crippen LogP contribution in [-0.4, -0.2) is 62.0 Å². The summed E-state index contributed by atoms with van der Waals surface area (Å²) in [6.07, 6.45) is 2.92. The van der Waals surface area contributed by atoms with E-state index in [1.165, 1.54) is 6.21 Å². The van der Waals surface area contributed by atoms with Crippen molar-refractivity contribution in [3.63, 3.8) is 0 Å². The Bertz CT molecular complexity index is 1260. The lowest BCUT2D eigenvalue weighted by atomic mass is 9.97. The van der Waals surface area contributed by atoms with Crippen molar-refractivity contribution in [1.29, 1.82) is 5.41 Å². The van der Waals surface area contributed by atoms with Crippen molar-refractivity contribution in [3.8, 4) is 17.0 Å². The maximum absolute atomic E-state index is 12.0. The molecule has 0 saturated carbocycles. The summed E-state index contributed by atoms with van der Waals surface area (Å²) in [4.78, 5) is 20.8. The highest BCUT2D eigenvalue weighted by molar-refractivity contribution is 5.94. The Morgan fingerprint density at radius 2 is 2.06 bits per heavy atom. The summed E-state index contributed by atoms with van der Waals surface area (Å²) in [5.74, 6) is 1.33. The van der Waals surface area contributed by atoms with Gasteiger partial charge in [0.2, 0.25) is 0 Å². The van der Waals surface area contributed by atoms with Gasteiger partial charge >= 0.3 is 0 Å². The summed E-state index contributed by atoms with van der Waals surface area (Å²) in [6.45, 7) is 6.07. The van der Waals surface area contributed by atoms with Gasteiger partial charge in [0, 0.05) is 54.2 Å². The maximum Gasteiger partial charge on any atom is 0.251 e. The van der Waals surface area contributed by atoms with E-state index < -0.39 is 0 Å². The van der Waals surface area contributed by atoms with Gasteiger partial charge in [0.05, 0.1) is 32.1 Å². The van der Waals surface area contributed by atoms with Crippen LogP contribution in [-0.2, 0) is 4.74 Å². The number of nitrogens with one attached hydrogen (secondary N) is 4. The molecule has 1 saturated heterocycles. The average Bonchev–Trinajstić information content (AvgIpc) is 2.88. The molecule has 3 aromatic rings. The van der Waals surface area contributed by atoms with E-state index in [9.17, 15) is 4.79 Å². The third-order valence-electron chi connectivity index (χ3n) is 6.44. The third-order valence-corrected chi connectivity index (χ3v) is 6.44. The molecule has 1 aliphatic heterocycles. The quantitative estimate of drug-likeness (QED) is 0.320.